The van der Waals surface area contributed by atoms with Crippen molar-refractivity contribution >= 4 is 17.3 Å². The molecule has 0 amide bonds. The molecule has 2 nitrogen and oxygen atoms in total. The lowest BCUT2D eigenvalue weighted by molar-refractivity contribution is 0.199. The average molecular weight is 282 g/mol. The Hall–Kier alpha value is -0.730. The largest absolute Gasteiger partial charge is 0.389 e. The first-order valence-electron chi connectivity index (χ1n) is 7.30. The van der Waals surface area contributed by atoms with Gasteiger partial charge >= 0.3 is 0 Å². The van der Waals surface area contributed by atoms with Crippen molar-refractivity contribution in [3.8, 4) is 0 Å². The minimum Gasteiger partial charge on any atom is -0.389 e. The predicted octanol–water partition coefficient (Wildman–Crippen LogP) is 4.55. The van der Waals surface area contributed by atoms with Crippen molar-refractivity contribution in [3.63, 3.8) is 0 Å². The summed E-state index contributed by atoms with van der Waals surface area (Å²) >= 11 is 6.38. The van der Waals surface area contributed by atoms with E-state index in [1.807, 2.05) is 18.2 Å². The molecule has 1 aliphatic carbocycles. The van der Waals surface area contributed by atoms with Gasteiger partial charge in [-0.25, -0.2) is 0 Å². The van der Waals surface area contributed by atoms with Crippen LogP contribution in [0.15, 0.2) is 18.2 Å². The molecular weight excluding hydrogens is 258 g/mol. The molecule has 2 rings (SSSR count). The lowest BCUT2D eigenvalue weighted by Gasteiger charge is -2.30. The van der Waals surface area contributed by atoms with Crippen LogP contribution in [-0.4, -0.2) is 18.2 Å². The van der Waals surface area contributed by atoms with Gasteiger partial charge in [-0.05, 0) is 37.5 Å². The monoisotopic (exact) mass is 281 g/mol. The summed E-state index contributed by atoms with van der Waals surface area (Å²) in [6, 6.07) is 6.49. The van der Waals surface area contributed by atoms with Gasteiger partial charge in [-0.3, -0.25) is 0 Å². The molecule has 1 N–H and O–H groups in total. The molecule has 106 valence electrons. The summed E-state index contributed by atoms with van der Waals surface area (Å²) in [6.45, 7) is 1.76. The highest BCUT2D eigenvalue weighted by Gasteiger charge is 2.19. The van der Waals surface area contributed by atoms with Crippen molar-refractivity contribution in [1.29, 1.82) is 0 Å². The van der Waals surface area contributed by atoms with Crippen LogP contribution in [0, 0.1) is 0 Å². The lowest BCUT2D eigenvalue weighted by Crippen LogP contribution is -2.31. The molecule has 1 atom stereocenters. The standard InChI is InChI=1S/C16H24ClNO/c1-12(19)13-9-10-16(15(17)11-13)18(2)14-7-5-3-4-6-8-14/h9-12,14,19H,3-8H2,1-2H3/t12-/m1/s1. The van der Waals surface area contributed by atoms with Gasteiger partial charge in [0.2, 0.25) is 0 Å². The summed E-state index contributed by atoms with van der Waals surface area (Å²) in [7, 11) is 2.14. The summed E-state index contributed by atoms with van der Waals surface area (Å²) in [6.07, 6.45) is 7.40. The number of nitrogens with zero attached hydrogens (tertiary/aromatic N) is 1. The normalized spacial score (nSPS) is 18.9. The van der Waals surface area contributed by atoms with Gasteiger partial charge in [0.25, 0.3) is 0 Å². The molecule has 1 aromatic carbocycles. The Kier molecular flexibility index (Phi) is 5.12. The molecule has 1 aromatic rings. The fourth-order valence-electron chi connectivity index (χ4n) is 2.91. The van der Waals surface area contributed by atoms with Gasteiger partial charge in [0.1, 0.15) is 0 Å². The molecule has 19 heavy (non-hydrogen) atoms. The summed E-state index contributed by atoms with van der Waals surface area (Å²) < 4.78 is 0. The van der Waals surface area contributed by atoms with E-state index in [0.29, 0.717) is 6.04 Å². The van der Waals surface area contributed by atoms with Gasteiger partial charge < -0.3 is 10.0 Å². The zero-order valence-corrected chi connectivity index (χ0v) is 12.7. The van der Waals surface area contributed by atoms with E-state index >= 15 is 0 Å². The van der Waals surface area contributed by atoms with Crippen LogP contribution in [0.5, 0.6) is 0 Å². The molecule has 0 radical (unpaired) electrons. The van der Waals surface area contributed by atoms with Crippen molar-refractivity contribution in [3.05, 3.63) is 28.8 Å². The average Bonchev–Trinajstić information content (AvgIpc) is 2.66. The highest BCUT2D eigenvalue weighted by atomic mass is 35.5. The number of benzene rings is 1. The number of hydrogen-bond acceptors (Lipinski definition) is 2. The summed E-state index contributed by atoms with van der Waals surface area (Å²) in [5.74, 6) is 0. The maximum atomic E-state index is 9.59. The number of rotatable bonds is 3. The maximum absolute atomic E-state index is 9.59. The van der Waals surface area contributed by atoms with Crippen LogP contribution in [0.4, 0.5) is 5.69 Å². The molecule has 1 aliphatic rings. The zero-order valence-electron chi connectivity index (χ0n) is 11.9. The van der Waals surface area contributed by atoms with E-state index in [1.165, 1.54) is 38.5 Å². The molecule has 0 unspecified atom stereocenters. The molecular formula is C16H24ClNO. The van der Waals surface area contributed by atoms with Crippen LogP contribution in [0.2, 0.25) is 5.02 Å². The molecule has 0 aromatic heterocycles. The van der Waals surface area contributed by atoms with E-state index in [9.17, 15) is 5.11 Å². The van der Waals surface area contributed by atoms with Gasteiger partial charge in [-0.2, -0.15) is 0 Å². The van der Waals surface area contributed by atoms with Gasteiger partial charge in [0.05, 0.1) is 16.8 Å². The minimum absolute atomic E-state index is 0.463. The second-order valence-electron chi connectivity index (χ2n) is 5.64. The Bertz CT molecular complexity index is 411. The first kappa shape index (κ1) is 14.7. The third-order valence-corrected chi connectivity index (χ3v) is 4.51. The van der Waals surface area contributed by atoms with Crippen LogP contribution in [-0.2, 0) is 0 Å². The van der Waals surface area contributed by atoms with Gasteiger partial charge in [0, 0.05) is 13.1 Å². The summed E-state index contributed by atoms with van der Waals surface area (Å²) in [5.41, 5.74) is 1.96. The molecule has 0 aliphatic heterocycles. The van der Waals surface area contributed by atoms with Crippen LogP contribution in [0.25, 0.3) is 0 Å². The quantitative estimate of drug-likeness (QED) is 0.822. The van der Waals surface area contributed by atoms with Crippen molar-refractivity contribution in [1.82, 2.24) is 0 Å². The van der Waals surface area contributed by atoms with Crippen molar-refractivity contribution < 1.29 is 5.11 Å². The first-order chi connectivity index (χ1) is 9.09. The Morgan fingerprint density at radius 2 is 1.84 bits per heavy atom. The van der Waals surface area contributed by atoms with Crippen molar-refractivity contribution in [2.24, 2.45) is 0 Å². The topological polar surface area (TPSA) is 23.5 Å². The molecule has 0 saturated heterocycles. The number of hydrogen-bond donors (Lipinski definition) is 1. The van der Waals surface area contributed by atoms with Gasteiger partial charge in [0.15, 0.2) is 0 Å². The van der Waals surface area contributed by atoms with E-state index < -0.39 is 6.10 Å². The third kappa shape index (κ3) is 3.64. The number of aliphatic hydroxyl groups excluding tert-OH is 1. The minimum atomic E-state index is -0.463. The van der Waals surface area contributed by atoms with E-state index in [4.69, 9.17) is 11.6 Å². The molecule has 0 bridgehead atoms. The van der Waals surface area contributed by atoms with Crippen molar-refractivity contribution in [2.75, 3.05) is 11.9 Å². The number of halogens is 1. The molecule has 1 fully saturated rings. The highest BCUT2D eigenvalue weighted by Crippen LogP contribution is 2.32. The van der Waals surface area contributed by atoms with E-state index in [-0.39, 0.29) is 0 Å². The number of anilines is 1. The van der Waals surface area contributed by atoms with Crippen LogP contribution in [0.1, 0.15) is 57.1 Å². The summed E-state index contributed by atoms with van der Waals surface area (Å²) in [4.78, 5) is 2.32. The van der Waals surface area contributed by atoms with Gasteiger partial charge in [-0.15, -0.1) is 0 Å². The SMILES string of the molecule is C[C@@H](O)c1ccc(N(C)C2CCCCCC2)c(Cl)c1. The fourth-order valence-corrected chi connectivity index (χ4v) is 3.23. The predicted molar refractivity (Wildman–Crippen MR) is 82.0 cm³/mol. The molecule has 1 saturated carbocycles. The van der Waals surface area contributed by atoms with Crippen LogP contribution >= 0.6 is 11.6 Å². The smallest absolute Gasteiger partial charge is 0.0762 e. The molecule has 0 spiro atoms. The van der Waals surface area contributed by atoms with Crippen LogP contribution < -0.4 is 4.90 Å². The lowest BCUT2D eigenvalue weighted by atomic mass is 10.1. The first-order valence-corrected chi connectivity index (χ1v) is 7.67. The Balaban J connectivity index is 2.15. The summed E-state index contributed by atoms with van der Waals surface area (Å²) in [5, 5.41) is 10.3. The Morgan fingerprint density at radius 1 is 1.21 bits per heavy atom. The van der Waals surface area contributed by atoms with Gasteiger partial charge in [-0.1, -0.05) is 43.4 Å². The van der Waals surface area contributed by atoms with E-state index in [1.54, 1.807) is 6.92 Å². The fraction of sp³-hybridized carbons (Fsp3) is 0.625. The highest BCUT2D eigenvalue weighted by molar-refractivity contribution is 6.33. The van der Waals surface area contributed by atoms with Crippen LogP contribution in [0.3, 0.4) is 0 Å². The number of aliphatic hydroxyl groups is 1. The Labute approximate surface area is 121 Å². The van der Waals surface area contributed by atoms with E-state index in [2.05, 4.69) is 11.9 Å². The second-order valence-corrected chi connectivity index (χ2v) is 6.05. The molecule has 0 heterocycles. The zero-order chi connectivity index (χ0) is 13.8. The third-order valence-electron chi connectivity index (χ3n) is 4.21. The van der Waals surface area contributed by atoms with E-state index in [0.717, 1.165) is 16.3 Å². The Morgan fingerprint density at radius 3 is 2.37 bits per heavy atom. The molecule has 3 heteroatoms. The maximum Gasteiger partial charge on any atom is 0.0762 e. The second kappa shape index (κ2) is 6.62. The van der Waals surface area contributed by atoms with Crippen molar-refractivity contribution in [2.45, 2.75) is 57.6 Å².